The second-order valence-corrected chi connectivity index (χ2v) is 5.66. The molecule has 0 saturated heterocycles. The lowest BCUT2D eigenvalue weighted by molar-refractivity contribution is 0.0957. The number of halogens is 1. The Morgan fingerprint density at radius 2 is 1.95 bits per heavy atom. The summed E-state index contributed by atoms with van der Waals surface area (Å²) in [6.45, 7) is 0.647. The van der Waals surface area contributed by atoms with E-state index in [1.165, 1.54) is 5.56 Å². The predicted molar refractivity (Wildman–Crippen MR) is 84.8 cm³/mol. The molecule has 0 unspecified atom stereocenters. The molecule has 1 amide bonds. The van der Waals surface area contributed by atoms with Crippen LogP contribution in [0.2, 0.25) is 5.02 Å². The van der Waals surface area contributed by atoms with Gasteiger partial charge in [-0.3, -0.25) is 4.79 Å². The maximum atomic E-state index is 12.1. The average molecular weight is 297 g/mol. The van der Waals surface area contributed by atoms with Gasteiger partial charge in [0.05, 0.1) is 0 Å². The molecule has 0 bridgehead atoms. The molecule has 0 aliphatic carbocycles. The van der Waals surface area contributed by atoms with E-state index < -0.39 is 0 Å². The second-order valence-electron chi connectivity index (χ2n) is 5.22. The van der Waals surface area contributed by atoms with Crippen LogP contribution in [0, 0.1) is 0 Å². The summed E-state index contributed by atoms with van der Waals surface area (Å²) in [7, 11) is 0. The molecule has 1 aliphatic heterocycles. The van der Waals surface area contributed by atoms with Gasteiger partial charge in [-0.05, 0) is 41.8 Å². The highest BCUT2D eigenvalue weighted by molar-refractivity contribution is 6.30. The molecule has 2 aromatic carbocycles. The van der Waals surface area contributed by atoms with Crippen LogP contribution in [-0.2, 0) is 6.42 Å². The maximum absolute atomic E-state index is 12.1. The molecule has 0 spiro atoms. The molecule has 21 heavy (non-hydrogen) atoms. The highest BCUT2D eigenvalue weighted by atomic mass is 35.5. The van der Waals surface area contributed by atoms with Gasteiger partial charge in [0.25, 0.3) is 5.91 Å². The standard InChI is InChI=1S/C17H13ClN2O/c18-11-4-1-3-10(9-11)16-12-7-8-19-17(21)13-5-2-6-14(20-16)15(12)13/h1-6,9,20H,7-8H2,(H,19,21). The van der Waals surface area contributed by atoms with E-state index in [0.717, 1.165) is 34.1 Å². The number of aromatic amines is 1. The van der Waals surface area contributed by atoms with Crippen molar-refractivity contribution in [3.63, 3.8) is 0 Å². The third-order valence-corrected chi connectivity index (χ3v) is 4.18. The van der Waals surface area contributed by atoms with Gasteiger partial charge in [-0.15, -0.1) is 0 Å². The third kappa shape index (κ3) is 1.93. The molecule has 1 aliphatic rings. The number of carbonyl (C=O) groups is 1. The van der Waals surface area contributed by atoms with Crippen molar-refractivity contribution in [1.82, 2.24) is 10.3 Å². The molecular weight excluding hydrogens is 284 g/mol. The molecule has 0 atom stereocenters. The lowest BCUT2D eigenvalue weighted by atomic mass is 10.0. The van der Waals surface area contributed by atoms with E-state index in [2.05, 4.69) is 10.3 Å². The first-order valence-corrected chi connectivity index (χ1v) is 7.29. The Kier molecular flexibility index (Phi) is 2.76. The van der Waals surface area contributed by atoms with Crippen LogP contribution in [-0.4, -0.2) is 17.4 Å². The zero-order valence-electron chi connectivity index (χ0n) is 11.2. The van der Waals surface area contributed by atoms with Gasteiger partial charge in [0.2, 0.25) is 0 Å². The number of rotatable bonds is 1. The van der Waals surface area contributed by atoms with E-state index in [-0.39, 0.29) is 5.91 Å². The van der Waals surface area contributed by atoms with Crippen LogP contribution in [0.3, 0.4) is 0 Å². The molecular formula is C17H13ClN2O. The normalized spacial score (nSPS) is 14.0. The molecule has 0 saturated carbocycles. The Morgan fingerprint density at radius 1 is 1.10 bits per heavy atom. The van der Waals surface area contributed by atoms with Crippen molar-refractivity contribution in [3.8, 4) is 11.3 Å². The fourth-order valence-corrected chi connectivity index (χ4v) is 3.23. The molecule has 1 aromatic heterocycles. The van der Waals surface area contributed by atoms with Gasteiger partial charge in [0, 0.05) is 33.7 Å². The predicted octanol–water partition coefficient (Wildman–Crippen LogP) is 3.77. The molecule has 0 fully saturated rings. The van der Waals surface area contributed by atoms with Crippen LogP contribution < -0.4 is 5.32 Å². The number of amides is 1. The molecule has 104 valence electrons. The van der Waals surface area contributed by atoms with Gasteiger partial charge < -0.3 is 10.3 Å². The minimum Gasteiger partial charge on any atom is -0.354 e. The fourth-order valence-electron chi connectivity index (χ4n) is 3.04. The van der Waals surface area contributed by atoms with Crippen molar-refractivity contribution in [3.05, 3.63) is 58.6 Å². The molecule has 4 rings (SSSR count). The summed E-state index contributed by atoms with van der Waals surface area (Å²) in [5.41, 5.74) is 5.02. The lowest BCUT2D eigenvalue weighted by Crippen LogP contribution is -2.23. The number of nitrogens with one attached hydrogen (secondary N) is 2. The summed E-state index contributed by atoms with van der Waals surface area (Å²) in [5, 5.41) is 4.69. The number of benzene rings is 2. The van der Waals surface area contributed by atoms with Crippen molar-refractivity contribution >= 4 is 28.4 Å². The molecule has 0 radical (unpaired) electrons. The van der Waals surface area contributed by atoms with E-state index in [9.17, 15) is 4.79 Å². The zero-order valence-corrected chi connectivity index (χ0v) is 12.0. The Labute approximate surface area is 126 Å². The topological polar surface area (TPSA) is 44.9 Å². The first-order valence-electron chi connectivity index (χ1n) is 6.92. The van der Waals surface area contributed by atoms with Gasteiger partial charge in [0.1, 0.15) is 0 Å². The van der Waals surface area contributed by atoms with Gasteiger partial charge in [-0.25, -0.2) is 0 Å². The summed E-state index contributed by atoms with van der Waals surface area (Å²) in [6.07, 6.45) is 0.810. The summed E-state index contributed by atoms with van der Waals surface area (Å²) in [5.74, 6) is -0.00371. The van der Waals surface area contributed by atoms with Crippen LogP contribution in [0.5, 0.6) is 0 Å². The summed E-state index contributed by atoms with van der Waals surface area (Å²) < 4.78 is 0. The monoisotopic (exact) mass is 296 g/mol. The van der Waals surface area contributed by atoms with Crippen molar-refractivity contribution in [2.45, 2.75) is 6.42 Å². The Hall–Kier alpha value is -2.26. The summed E-state index contributed by atoms with van der Waals surface area (Å²) >= 11 is 6.11. The molecule has 2 N–H and O–H groups in total. The minimum absolute atomic E-state index is 0.00371. The van der Waals surface area contributed by atoms with Crippen LogP contribution in [0.4, 0.5) is 0 Å². The average Bonchev–Trinajstić information content (AvgIpc) is 2.77. The zero-order chi connectivity index (χ0) is 14.4. The Morgan fingerprint density at radius 3 is 2.81 bits per heavy atom. The lowest BCUT2D eigenvalue weighted by Gasteiger charge is -2.04. The third-order valence-electron chi connectivity index (χ3n) is 3.95. The largest absolute Gasteiger partial charge is 0.354 e. The number of H-pyrrole nitrogens is 1. The Bertz CT molecular complexity index is 866. The van der Waals surface area contributed by atoms with Gasteiger partial charge in [-0.2, -0.15) is 0 Å². The maximum Gasteiger partial charge on any atom is 0.251 e. The van der Waals surface area contributed by atoms with Crippen LogP contribution in [0.25, 0.3) is 22.2 Å². The summed E-state index contributed by atoms with van der Waals surface area (Å²) in [4.78, 5) is 15.6. The molecule has 2 heterocycles. The van der Waals surface area contributed by atoms with E-state index >= 15 is 0 Å². The number of carbonyl (C=O) groups excluding carboxylic acids is 1. The molecule has 3 nitrogen and oxygen atoms in total. The van der Waals surface area contributed by atoms with Crippen LogP contribution in [0.1, 0.15) is 15.9 Å². The van der Waals surface area contributed by atoms with Gasteiger partial charge in [0.15, 0.2) is 0 Å². The van der Waals surface area contributed by atoms with E-state index in [1.807, 2.05) is 42.5 Å². The van der Waals surface area contributed by atoms with Crippen molar-refractivity contribution in [1.29, 1.82) is 0 Å². The fraction of sp³-hybridized carbons (Fsp3) is 0.118. The van der Waals surface area contributed by atoms with Gasteiger partial charge >= 0.3 is 0 Å². The van der Waals surface area contributed by atoms with E-state index in [1.54, 1.807) is 0 Å². The van der Waals surface area contributed by atoms with Crippen LogP contribution >= 0.6 is 11.6 Å². The highest BCUT2D eigenvalue weighted by Gasteiger charge is 2.21. The number of hydrogen-bond donors (Lipinski definition) is 2. The van der Waals surface area contributed by atoms with E-state index in [0.29, 0.717) is 11.6 Å². The number of hydrogen-bond acceptors (Lipinski definition) is 1. The summed E-state index contributed by atoms with van der Waals surface area (Å²) in [6, 6.07) is 13.6. The van der Waals surface area contributed by atoms with Crippen LogP contribution in [0.15, 0.2) is 42.5 Å². The quantitative estimate of drug-likeness (QED) is 0.705. The first-order chi connectivity index (χ1) is 10.2. The number of aromatic nitrogens is 1. The highest BCUT2D eigenvalue weighted by Crippen LogP contribution is 2.34. The minimum atomic E-state index is -0.00371. The molecule has 3 aromatic rings. The van der Waals surface area contributed by atoms with E-state index in [4.69, 9.17) is 11.6 Å². The smallest absolute Gasteiger partial charge is 0.251 e. The SMILES string of the molecule is O=C1NCCc2c(-c3cccc(Cl)c3)[nH]c3cccc1c23. The second kappa shape index (κ2) is 4.64. The van der Waals surface area contributed by atoms with Crippen molar-refractivity contribution < 1.29 is 4.79 Å². The van der Waals surface area contributed by atoms with Crippen molar-refractivity contribution in [2.75, 3.05) is 6.54 Å². The molecule has 4 heteroatoms. The van der Waals surface area contributed by atoms with Crippen molar-refractivity contribution in [2.24, 2.45) is 0 Å². The first kappa shape index (κ1) is 12.5. The van der Waals surface area contributed by atoms with Gasteiger partial charge in [-0.1, -0.05) is 29.8 Å². The Balaban J connectivity index is 2.05.